The number of ketones is 1. The van der Waals surface area contributed by atoms with Gasteiger partial charge in [0.05, 0.1) is 16.5 Å². The van der Waals surface area contributed by atoms with E-state index in [1.165, 1.54) is 0 Å². The number of Topliss-reactive ketones (excluding diaryl/α,β-unsaturated/α-hetero) is 1. The van der Waals surface area contributed by atoms with Crippen LogP contribution in [-0.2, 0) is 0 Å². The Morgan fingerprint density at radius 2 is 1.64 bits per heavy atom. The predicted octanol–water partition coefficient (Wildman–Crippen LogP) is 6.11. The fraction of sp³-hybridized carbons (Fsp3) is 0.364. The zero-order valence-corrected chi connectivity index (χ0v) is 18.1. The second kappa shape index (κ2) is 11.7. The van der Waals surface area contributed by atoms with Crippen LogP contribution in [0.15, 0.2) is 48.5 Å². The zero-order valence-electron chi connectivity index (χ0n) is 15.7. The molecule has 0 aliphatic carbocycles. The van der Waals surface area contributed by atoms with Crippen LogP contribution in [0.25, 0.3) is 0 Å². The molecule has 0 amide bonds. The van der Waals surface area contributed by atoms with Crippen molar-refractivity contribution >= 4 is 33.3 Å². The normalized spacial score (nSPS) is 12.6. The summed E-state index contributed by atoms with van der Waals surface area (Å²) < 4.78 is 11.9. The van der Waals surface area contributed by atoms with Crippen molar-refractivity contribution in [1.82, 2.24) is 0 Å². The number of carbonyl (C=O) groups excluding carboxylic acids is 1. The molecule has 6 heteroatoms. The van der Waals surface area contributed by atoms with E-state index in [1.54, 1.807) is 48.5 Å². The van der Waals surface area contributed by atoms with Crippen LogP contribution < -0.4 is 9.47 Å². The third kappa shape index (κ3) is 6.85. The zero-order chi connectivity index (χ0) is 20.4. The Bertz CT molecular complexity index is 787. The highest BCUT2D eigenvalue weighted by Gasteiger charge is 2.17. The first-order valence-corrected chi connectivity index (χ1v) is 10.7. The topological polar surface area (TPSA) is 59.3 Å². The summed E-state index contributed by atoms with van der Waals surface area (Å²) in [7, 11) is 0. The molecule has 0 aliphatic rings. The number of carbonyl (C=O) groups is 1. The molecule has 0 aromatic heterocycles. The highest BCUT2D eigenvalue weighted by molar-refractivity contribution is 9.10. The van der Waals surface area contributed by atoms with Crippen LogP contribution in [0.4, 0.5) is 0 Å². The van der Waals surface area contributed by atoms with E-state index in [9.17, 15) is 4.79 Å². The van der Waals surface area contributed by atoms with E-state index in [1.807, 2.05) is 0 Å². The fourth-order valence-corrected chi connectivity index (χ4v) is 3.50. The lowest BCUT2D eigenvalue weighted by Crippen LogP contribution is -2.24. The molecule has 0 aliphatic heterocycles. The maximum atomic E-state index is 12.3. The summed E-state index contributed by atoms with van der Waals surface area (Å²) >= 11 is 9.07. The van der Waals surface area contributed by atoms with Crippen molar-refractivity contribution in [3.63, 3.8) is 0 Å². The number of unbranched alkanes of at least 4 members (excludes halogenated alkanes) is 1. The first-order chi connectivity index (χ1) is 13.6. The van der Waals surface area contributed by atoms with Gasteiger partial charge in [-0.15, -0.1) is 11.6 Å². The molecule has 2 rings (SSSR count). The SMILES string of the molecule is CCCCC(Oc1ccc(C#N)cc1)Oc1ccc(C(=O)C(Br)CCCl)cc1. The first kappa shape index (κ1) is 22.3. The summed E-state index contributed by atoms with van der Waals surface area (Å²) in [5.74, 6) is 1.71. The Labute approximate surface area is 179 Å². The number of ether oxygens (including phenoxy) is 2. The average molecular weight is 465 g/mol. The lowest BCUT2D eigenvalue weighted by molar-refractivity contribution is -0.00212. The summed E-state index contributed by atoms with van der Waals surface area (Å²) in [6, 6.07) is 16.1. The summed E-state index contributed by atoms with van der Waals surface area (Å²) in [5.41, 5.74) is 1.19. The molecular weight excluding hydrogens is 442 g/mol. The Morgan fingerprint density at radius 3 is 2.14 bits per heavy atom. The van der Waals surface area contributed by atoms with Gasteiger partial charge in [-0.05, 0) is 61.4 Å². The maximum Gasteiger partial charge on any atom is 0.241 e. The summed E-state index contributed by atoms with van der Waals surface area (Å²) in [4.78, 5) is 12.0. The van der Waals surface area contributed by atoms with Gasteiger partial charge >= 0.3 is 0 Å². The van der Waals surface area contributed by atoms with E-state index in [4.69, 9.17) is 26.3 Å². The first-order valence-electron chi connectivity index (χ1n) is 9.25. The Hall–Kier alpha value is -2.03. The van der Waals surface area contributed by atoms with Crippen molar-refractivity contribution in [2.75, 3.05) is 5.88 Å². The largest absolute Gasteiger partial charge is 0.455 e. The fourth-order valence-electron chi connectivity index (χ4n) is 2.53. The molecule has 4 nitrogen and oxygen atoms in total. The number of rotatable bonds is 11. The number of hydrogen-bond donors (Lipinski definition) is 0. The molecular formula is C22H23BrClNO3. The molecule has 2 aromatic rings. The maximum absolute atomic E-state index is 12.3. The van der Waals surface area contributed by atoms with Gasteiger partial charge in [-0.2, -0.15) is 5.26 Å². The van der Waals surface area contributed by atoms with E-state index in [0.29, 0.717) is 34.9 Å². The molecule has 28 heavy (non-hydrogen) atoms. The highest BCUT2D eigenvalue weighted by atomic mass is 79.9. The van der Waals surface area contributed by atoms with Gasteiger partial charge in [0, 0.05) is 17.9 Å². The average Bonchev–Trinajstić information content (AvgIpc) is 2.72. The molecule has 0 bridgehead atoms. The Morgan fingerprint density at radius 1 is 1.07 bits per heavy atom. The second-order valence-electron chi connectivity index (χ2n) is 6.28. The summed E-state index contributed by atoms with van der Waals surface area (Å²) in [5, 5.41) is 8.90. The molecule has 0 N–H and O–H groups in total. The number of nitrogens with zero attached hydrogens (tertiary/aromatic N) is 1. The third-order valence-electron chi connectivity index (χ3n) is 4.10. The van der Waals surface area contributed by atoms with E-state index >= 15 is 0 Å². The molecule has 2 aromatic carbocycles. The molecule has 0 fully saturated rings. The number of nitriles is 1. The summed E-state index contributed by atoms with van der Waals surface area (Å²) in [6.45, 7) is 2.11. The lowest BCUT2D eigenvalue weighted by atomic mass is 10.1. The number of benzene rings is 2. The standard InChI is InChI=1S/C22H23BrClNO3/c1-2-3-4-21(27-18-9-5-16(15-25)6-10-18)28-19-11-7-17(8-12-19)22(26)20(23)13-14-24/h5-12,20-21H,2-4,13-14H2,1H3. The van der Waals surface area contributed by atoms with Gasteiger partial charge in [0.15, 0.2) is 5.78 Å². The van der Waals surface area contributed by atoms with E-state index in [0.717, 1.165) is 19.3 Å². The van der Waals surface area contributed by atoms with Crippen LogP contribution in [0.1, 0.15) is 48.5 Å². The van der Waals surface area contributed by atoms with Gasteiger partial charge in [0.1, 0.15) is 11.5 Å². The van der Waals surface area contributed by atoms with Crippen molar-refractivity contribution in [3.8, 4) is 17.6 Å². The molecule has 0 saturated heterocycles. The van der Waals surface area contributed by atoms with E-state index in [2.05, 4.69) is 28.9 Å². The van der Waals surface area contributed by atoms with Crippen molar-refractivity contribution in [2.24, 2.45) is 0 Å². The third-order valence-corrected chi connectivity index (χ3v) is 5.19. The molecule has 148 valence electrons. The molecule has 0 spiro atoms. The number of halogens is 2. The quantitative estimate of drug-likeness (QED) is 0.229. The molecule has 2 unspecified atom stereocenters. The minimum atomic E-state index is -0.449. The second-order valence-corrected chi connectivity index (χ2v) is 7.76. The van der Waals surface area contributed by atoms with E-state index < -0.39 is 6.29 Å². The van der Waals surface area contributed by atoms with E-state index in [-0.39, 0.29) is 10.6 Å². The van der Waals surface area contributed by atoms with Crippen molar-refractivity contribution < 1.29 is 14.3 Å². The van der Waals surface area contributed by atoms with Gasteiger partial charge in [0.25, 0.3) is 0 Å². The van der Waals surface area contributed by atoms with Gasteiger partial charge in [0.2, 0.25) is 6.29 Å². The number of hydrogen-bond acceptors (Lipinski definition) is 4. The van der Waals surface area contributed by atoms with Crippen LogP contribution in [0.3, 0.4) is 0 Å². The van der Waals surface area contributed by atoms with Crippen molar-refractivity contribution in [1.29, 1.82) is 5.26 Å². The van der Waals surface area contributed by atoms with Gasteiger partial charge in [-0.25, -0.2) is 0 Å². The van der Waals surface area contributed by atoms with Crippen LogP contribution in [0, 0.1) is 11.3 Å². The molecule has 0 heterocycles. The van der Waals surface area contributed by atoms with Gasteiger partial charge in [-0.3, -0.25) is 4.79 Å². The number of alkyl halides is 2. The predicted molar refractivity (Wildman–Crippen MR) is 115 cm³/mol. The van der Waals surface area contributed by atoms with Crippen molar-refractivity contribution in [3.05, 3.63) is 59.7 Å². The van der Waals surface area contributed by atoms with Gasteiger partial charge in [-0.1, -0.05) is 29.3 Å². The minimum absolute atomic E-state index is 0.00330. The monoisotopic (exact) mass is 463 g/mol. The van der Waals surface area contributed by atoms with Crippen LogP contribution in [0.2, 0.25) is 0 Å². The lowest BCUT2D eigenvalue weighted by Gasteiger charge is -2.20. The molecule has 2 atom stereocenters. The van der Waals surface area contributed by atoms with Crippen LogP contribution in [-0.4, -0.2) is 22.8 Å². The molecule has 0 radical (unpaired) electrons. The Kier molecular flexibility index (Phi) is 9.33. The van der Waals surface area contributed by atoms with Crippen LogP contribution >= 0.6 is 27.5 Å². The van der Waals surface area contributed by atoms with Crippen LogP contribution in [0.5, 0.6) is 11.5 Å². The van der Waals surface area contributed by atoms with Gasteiger partial charge < -0.3 is 9.47 Å². The Balaban J connectivity index is 2.04. The molecule has 0 saturated carbocycles. The smallest absolute Gasteiger partial charge is 0.241 e. The highest BCUT2D eigenvalue weighted by Crippen LogP contribution is 2.22. The minimum Gasteiger partial charge on any atom is -0.455 e. The summed E-state index contributed by atoms with van der Waals surface area (Å²) in [6.07, 6.45) is 2.85. The van der Waals surface area contributed by atoms with Crippen molar-refractivity contribution in [2.45, 2.75) is 43.7 Å².